The van der Waals surface area contributed by atoms with Crippen LogP contribution in [0, 0.1) is 11.3 Å². The van der Waals surface area contributed by atoms with Gasteiger partial charge in [0, 0.05) is 19.2 Å². The third-order valence-electron chi connectivity index (χ3n) is 5.52. The van der Waals surface area contributed by atoms with E-state index < -0.39 is 5.60 Å². The van der Waals surface area contributed by atoms with Gasteiger partial charge in [-0.2, -0.15) is 0 Å². The number of carbonyl (C=O) groups excluding carboxylic acids is 2. The van der Waals surface area contributed by atoms with Gasteiger partial charge < -0.3 is 14.4 Å². The average molecular weight is 351 g/mol. The molecule has 1 aliphatic heterocycles. The minimum Gasteiger partial charge on any atom is -0.466 e. The van der Waals surface area contributed by atoms with Crippen LogP contribution in [-0.2, 0) is 14.3 Å². The van der Waals surface area contributed by atoms with Crippen LogP contribution in [0.1, 0.15) is 65.7 Å². The van der Waals surface area contributed by atoms with Crippen molar-refractivity contribution in [2.75, 3.05) is 20.2 Å². The Morgan fingerprint density at radius 3 is 2.20 bits per heavy atom. The van der Waals surface area contributed by atoms with Gasteiger partial charge in [-0.25, -0.2) is 9.59 Å². The molecule has 0 spiro atoms. The molecule has 1 amide bonds. The maximum atomic E-state index is 12.3. The van der Waals surface area contributed by atoms with Crippen molar-refractivity contribution < 1.29 is 19.1 Å². The van der Waals surface area contributed by atoms with Crippen LogP contribution >= 0.6 is 0 Å². The zero-order valence-corrected chi connectivity index (χ0v) is 16.2. The van der Waals surface area contributed by atoms with E-state index in [9.17, 15) is 9.59 Å². The number of esters is 1. The molecule has 1 saturated heterocycles. The summed E-state index contributed by atoms with van der Waals surface area (Å²) in [5.74, 6) is 0.285. The number of piperidine rings is 1. The molecule has 0 unspecified atom stereocenters. The second-order valence-electron chi connectivity index (χ2n) is 8.39. The standard InChI is InChI=1S/C20H33NO4/c1-19(2,3)25-18(23)21-14-12-20(13-15-21,11-10-17(22)24-4)16-8-6-5-7-9-16/h10-11,16H,5-9,12-15H2,1-4H3/b11-10+. The Morgan fingerprint density at radius 2 is 1.68 bits per heavy atom. The first kappa shape index (κ1) is 19.8. The largest absolute Gasteiger partial charge is 0.466 e. The third kappa shape index (κ3) is 5.48. The monoisotopic (exact) mass is 351 g/mol. The van der Waals surface area contributed by atoms with Crippen molar-refractivity contribution in [1.29, 1.82) is 0 Å². The fourth-order valence-corrected chi connectivity index (χ4v) is 4.12. The Morgan fingerprint density at radius 1 is 1.08 bits per heavy atom. The highest BCUT2D eigenvalue weighted by atomic mass is 16.6. The highest BCUT2D eigenvalue weighted by Crippen LogP contribution is 2.47. The first-order valence-electron chi connectivity index (χ1n) is 9.51. The number of allylic oxidation sites excluding steroid dienone is 1. The van der Waals surface area contributed by atoms with Crippen LogP contribution in [0.3, 0.4) is 0 Å². The van der Waals surface area contributed by atoms with E-state index in [0.717, 1.165) is 12.8 Å². The molecular formula is C20H33NO4. The van der Waals surface area contributed by atoms with Crippen molar-refractivity contribution >= 4 is 12.1 Å². The van der Waals surface area contributed by atoms with Crippen molar-refractivity contribution in [2.24, 2.45) is 11.3 Å². The molecule has 0 aromatic carbocycles. The molecular weight excluding hydrogens is 318 g/mol. The van der Waals surface area contributed by atoms with Gasteiger partial charge in [0.2, 0.25) is 0 Å². The van der Waals surface area contributed by atoms with E-state index in [0.29, 0.717) is 19.0 Å². The van der Waals surface area contributed by atoms with Gasteiger partial charge in [-0.05, 0) is 57.8 Å². The number of rotatable bonds is 3. The van der Waals surface area contributed by atoms with Crippen LogP contribution < -0.4 is 0 Å². The molecule has 2 aliphatic rings. The minimum atomic E-state index is -0.472. The lowest BCUT2D eigenvalue weighted by molar-refractivity contribution is -0.134. The number of carbonyl (C=O) groups is 2. The fourth-order valence-electron chi connectivity index (χ4n) is 4.12. The number of nitrogens with zero attached hydrogens (tertiary/aromatic N) is 1. The Labute approximate surface area is 151 Å². The molecule has 5 heteroatoms. The minimum absolute atomic E-state index is 0.00682. The first-order chi connectivity index (χ1) is 11.8. The summed E-state index contributed by atoms with van der Waals surface area (Å²) < 4.78 is 10.3. The molecule has 0 N–H and O–H groups in total. The van der Waals surface area contributed by atoms with Gasteiger partial charge in [0.05, 0.1) is 7.11 Å². The summed E-state index contributed by atoms with van der Waals surface area (Å²) >= 11 is 0. The van der Waals surface area contributed by atoms with Gasteiger partial charge in [0.1, 0.15) is 5.60 Å². The van der Waals surface area contributed by atoms with Crippen LogP contribution in [0.2, 0.25) is 0 Å². The second-order valence-corrected chi connectivity index (χ2v) is 8.39. The lowest BCUT2D eigenvalue weighted by Crippen LogP contribution is -2.47. The van der Waals surface area contributed by atoms with Gasteiger partial charge in [-0.15, -0.1) is 0 Å². The van der Waals surface area contributed by atoms with Gasteiger partial charge in [-0.3, -0.25) is 0 Å². The Bertz CT molecular complexity index is 492. The number of hydrogen-bond acceptors (Lipinski definition) is 4. The van der Waals surface area contributed by atoms with Crippen molar-refractivity contribution in [3.8, 4) is 0 Å². The van der Waals surface area contributed by atoms with Gasteiger partial charge in [-0.1, -0.05) is 25.3 Å². The summed E-state index contributed by atoms with van der Waals surface area (Å²) in [7, 11) is 1.41. The molecule has 1 aliphatic carbocycles. The van der Waals surface area contributed by atoms with Crippen LogP contribution in [0.15, 0.2) is 12.2 Å². The molecule has 25 heavy (non-hydrogen) atoms. The molecule has 2 rings (SSSR count). The highest BCUT2D eigenvalue weighted by molar-refractivity contribution is 5.81. The van der Waals surface area contributed by atoms with Crippen molar-refractivity contribution in [3.05, 3.63) is 12.2 Å². The SMILES string of the molecule is COC(=O)/C=C/C1(C2CCCCC2)CCN(C(=O)OC(C)(C)C)CC1. The van der Waals surface area contributed by atoms with E-state index in [1.54, 1.807) is 11.0 Å². The molecule has 5 nitrogen and oxygen atoms in total. The fraction of sp³-hybridized carbons (Fsp3) is 0.800. The summed E-state index contributed by atoms with van der Waals surface area (Å²) in [5, 5.41) is 0. The van der Waals surface area contributed by atoms with E-state index >= 15 is 0 Å². The van der Waals surface area contributed by atoms with Crippen molar-refractivity contribution in [3.63, 3.8) is 0 Å². The maximum Gasteiger partial charge on any atom is 0.410 e. The number of hydrogen-bond donors (Lipinski definition) is 0. The van der Waals surface area contributed by atoms with E-state index in [1.807, 2.05) is 20.8 Å². The van der Waals surface area contributed by atoms with Crippen molar-refractivity contribution in [2.45, 2.75) is 71.3 Å². The summed E-state index contributed by atoms with van der Waals surface area (Å²) in [5.41, 5.74) is -0.479. The molecule has 1 saturated carbocycles. The molecule has 2 fully saturated rings. The Balaban J connectivity index is 2.07. The predicted octanol–water partition coefficient (Wildman–Crippen LogP) is 4.31. The number of amides is 1. The Kier molecular flexibility index (Phi) is 6.53. The molecule has 0 atom stereocenters. The van der Waals surface area contributed by atoms with Crippen LogP contribution in [0.5, 0.6) is 0 Å². The van der Waals surface area contributed by atoms with Gasteiger partial charge in [0.15, 0.2) is 0 Å². The summed E-state index contributed by atoms with van der Waals surface area (Å²) in [6, 6.07) is 0. The molecule has 1 heterocycles. The molecule has 0 aromatic heterocycles. The van der Waals surface area contributed by atoms with E-state index in [1.165, 1.54) is 39.2 Å². The van der Waals surface area contributed by atoms with Gasteiger partial charge >= 0.3 is 12.1 Å². The third-order valence-corrected chi connectivity index (χ3v) is 5.52. The molecule has 0 radical (unpaired) electrons. The topological polar surface area (TPSA) is 55.8 Å². The second kappa shape index (κ2) is 8.24. The molecule has 0 bridgehead atoms. The number of ether oxygens (including phenoxy) is 2. The quantitative estimate of drug-likeness (QED) is 0.561. The highest BCUT2D eigenvalue weighted by Gasteiger charge is 2.41. The summed E-state index contributed by atoms with van der Waals surface area (Å²) in [6.07, 6.45) is 11.4. The van der Waals surface area contributed by atoms with Crippen LogP contribution in [0.4, 0.5) is 4.79 Å². The first-order valence-corrected chi connectivity index (χ1v) is 9.51. The van der Waals surface area contributed by atoms with E-state index in [4.69, 9.17) is 9.47 Å². The normalized spacial score (nSPS) is 22.0. The van der Waals surface area contributed by atoms with Crippen molar-refractivity contribution in [1.82, 2.24) is 4.90 Å². The predicted molar refractivity (Wildman–Crippen MR) is 97.2 cm³/mol. The molecule has 142 valence electrons. The lowest BCUT2D eigenvalue weighted by atomic mass is 9.63. The zero-order valence-electron chi connectivity index (χ0n) is 16.2. The van der Waals surface area contributed by atoms with E-state index in [-0.39, 0.29) is 17.5 Å². The smallest absolute Gasteiger partial charge is 0.410 e. The van der Waals surface area contributed by atoms with E-state index in [2.05, 4.69) is 6.08 Å². The number of methoxy groups -OCH3 is 1. The average Bonchev–Trinajstić information content (AvgIpc) is 2.59. The summed E-state index contributed by atoms with van der Waals surface area (Å²) in [6.45, 7) is 7.02. The van der Waals surface area contributed by atoms with Gasteiger partial charge in [0.25, 0.3) is 0 Å². The molecule has 0 aromatic rings. The van der Waals surface area contributed by atoms with Crippen LogP contribution in [0.25, 0.3) is 0 Å². The number of likely N-dealkylation sites (tertiary alicyclic amines) is 1. The summed E-state index contributed by atoms with van der Waals surface area (Å²) in [4.78, 5) is 25.7. The lowest BCUT2D eigenvalue weighted by Gasteiger charge is -2.46. The van der Waals surface area contributed by atoms with Crippen LogP contribution in [-0.4, -0.2) is 42.8 Å². The maximum absolute atomic E-state index is 12.3. The zero-order chi connectivity index (χ0) is 18.5. The Hall–Kier alpha value is -1.52.